The van der Waals surface area contributed by atoms with Gasteiger partial charge in [-0.2, -0.15) is 4.80 Å². The molecule has 0 atom stereocenters. The maximum Gasteiger partial charge on any atom is 0.238 e. The Hall–Kier alpha value is -2.22. The summed E-state index contributed by atoms with van der Waals surface area (Å²) in [4.78, 5) is 6.21. The highest BCUT2D eigenvalue weighted by Gasteiger charge is 2.10. The Balaban J connectivity index is 1.45. The predicted octanol–water partition coefficient (Wildman–Crippen LogP) is 4.65. The molecule has 0 amide bonds. The average Bonchev–Trinajstić information content (AvgIpc) is 3.27. The summed E-state index contributed by atoms with van der Waals surface area (Å²) in [6.07, 6.45) is 0. The summed E-state index contributed by atoms with van der Waals surface area (Å²) in [5.74, 6) is 0. The molecule has 2 heterocycles. The molecule has 0 aliphatic heterocycles. The van der Waals surface area contributed by atoms with Crippen molar-refractivity contribution < 1.29 is 0 Å². The molecule has 25 heavy (non-hydrogen) atoms. The number of benzene rings is 2. The number of tetrazole rings is 1. The third-order valence-corrected chi connectivity index (χ3v) is 5.44. The van der Waals surface area contributed by atoms with Crippen LogP contribution in [0, 0.1) is 0 Å². The third kappa shape index (κ3) is 4.07. The van der Waals surface area contributed by atoms with Gasteiger partial charge in [-0.25, -0.2) is 4.98 Å². The number of rotatable bonds is 5. The molecule has 0 fully saturated rings. The van der Waals surface area contributed by atoms with Crippen LogP contribution in [0.4, 0.5) is 0 Å². The van der Waals surface area contributed by atoms with E-state index in [0.29, 0.717) is 16.7 Å². The molecule has 0 saturated carbocycles. The number of thiazole rings is 1. The molecular weight excluding hydrogens is 374 g/mol. The van der Waals surface area contributed by atoms with E-state index in [9.17, 15) is 0 Å². The molecule has 0 N–H and O–H groups in total. The van der Waals surface area contributed by atoms with Crippen molar-refractivity contribution in [3.63, 3.8) is 0 Å². The summed E-state index contributed by atoms with van der Waals surface area (Å²) in [5, 5.41) is 15.9. The minimum atomic E-state index is 0.591. The number of halogens is 1. The molecule has 4 rings (SSSR count). The first-order valence-electron chi connectivity index (χ1n) is 7.47. The van der Waals surface area contributed by atoms with Gasteiger partial charge in [0, 0.05) is 16.0 Å². The maximum atomic E-state index is 5.92. The second kappa shape index (κ2) is 7.35. The molecule has 124 valence electrons. The smallest absolute Gasteiger partial charge is 0.229 e. The lowest BCUT2D eigenvalue weighted by Gasteiger charge is -1.97. The first-order chi connectivity index (χ1) is 12.3. The van der Waals surface area contributed by atoms with Crippen LogP contribution in [0.3, 0.4) is 0 Å². The highest BCUT2D eigenvalue weighted by Crippen LogP contribution is 2.31. The van der Waals surface area contributed by atoms with Gasteiger partial charge in [-0.3, -0.25) is 0 Å². The summed E-state index contributed by atoms with van der Waals surface area (Å²) in [7, 11) is 0. The van der Waals surface area contributed by atoms with Crippen molar-refractivity contribution in [2.45, 2.75) is 16.0 Å². The van der Waals surface area contributed by atoms with Crippen LogP contribution >= 0.6 is 34.7 Å². The van der Waals surface area contributed by atoms with Crippen LogP contribution in [-0.2, 0) is 6.54 Å². The highest BCUT2D eigenvalue weighted by atomic mass is 35.5. The minimum Gasteiger partial charge on any atom is -0.229 e. The highest BCUT2D eigenvalue weighted by molar-refractivity contribution is 8.00. The summed E-state index contributed by atoms with van der Waals surface area (Å²) in [6.45, 7) is 0.599. The monoisotopic (exact) mass is 385 g/mol. The number of hydrogen-bond acceptors (Lipinski definition) is 6. The molecule has 0 unspecified atom stereocenters. The Morgan fingerprint density at radius 1 is 1.04 bits per heavy atom. The van der Waals surface area contributed by atoms with E-state index in [-0.39, 0.29) is 0 Å². The van der Waals surface area contributed by atoms with Crippen molar-refractivity contribution in [1.82, 2.24) is 25.2 Å². The van der Waals surface area contributed by atoms with E-state index in [1.54, 1.807) is 16.1 Å². The second-order valence-electron chi connectivity index (χ2n) is 5.20. The topological polar surface area (TPSA) is 56.5 Å². The van der Waals surface area contributed by atoms with Crippen molar-refractivity contribution in [3.05, 3.63) is 70.6 Å². The molecule has 0 aliphatic rings. The van der Waals surface area contributed by atoms with Crippen molar-refractivity contribution in [3.8, 4) is 11.3 Å². The number of aromatic nitrogens is 5. The van der Waals surface area contributed by atoms with Gasteiger partial charge in [0.25, 0.3) is 0 Å². The largest absolute Gasteiger partial charge is 0.238 e. The van der Waals surface area contributed by atoms with Crippen LogP contribution in [-0.4, -0.2) is 25.2 Å². The molecule has 0 radical (unpaired) electrons. The molecule has 5 nitrogen and oxygen atoms in total. The summed E-state index contributed by atoms with van der Waals surface area (Å²) in [5.41, 5.74) is 3.09. The van der Waals surface area contributed by atoms with Gasteiger partial charge in [-0.15, -0.1) is 21.5 Å². The Labute approximate surface area is 157 Å². The van der Waals surface area contributed by atoms with Crippen molar-refractivity contribution in [2.24, 2.45) is 0 Å². The zero-order chi connectivity index (χ0) is 17.1. The lowest BCUT2D eigenvalue weighted by molar-refractivity contribution is 0.569. The Kier molecular flexibility index (Phi) is 4.78. The van der Waals surface area contributed by atoms with Gasteiger partial charge >= 0.3 is 0 Å². The van der Waals surface area contributed by atoms with E-state index >= 15 is 0 Å². The van der Waals surface area contributed by atoms with Crippen molar-refractivity contribution >= 4 is 34.7 Å². The number of nitrogens with zero attached hydrogens (tertiary/aromatic N) is 5. The molecule has 0 spiro atoms. The molecule has 0 bridgehead atoms. The van der Waals surface area contributed by atoms with Crippen LogP contribution in [0.5, 0.6) is 0 Å². The fraction of sp³-hybridized carbons (Fsp3) is 0.0588. The molecule has 4 aromatic rings. The molecule has 8 heteroatoms. The molecular formula is C17H12ClN5S2. The van der Waals surface area contributed by atoms with E-state index < -0.39 is 0 Å². The zero-order valence-electron chi connectivity index (χ0n) is 12.9. The lowest BCUT2D eigenvalue weighted by atomic mass is 10.2. The molecule has 0 aliphatic carbocycles. The quantitative estimate of drug-likeness (QED) is 0.500. The third-order valence-electron chi connectivity index (χ3n) is 3.40. The minimum absolute atomic E-state index is 0.591. The van der Waals surface area contributed by atoms with Crippen molar-refractivity contribution in [1.29, 1.82) is 0 Å². The fourth-order valence-corrected chi connectivity index (χ4v) is 3.97. The van der Waals surface area contributed by atoms with E-state index in [0.717, 1.165) is 21.2 Å². The fourth-order valence-electron chi connectivity index (χ4n) is 2.22. The van der Waals surface area contributed by atoms with Crippen LogP contribution in [0.1, 0.15) is 5.56 Å². The lowest BCUT2D eigenvalue weighted by Crippen LogP contribution is -2.03. The summed E-state index contributed by atoms with van der Waals surface area (Å²) < 4.78 is 0.879. The van der Waals surface area contributed by atoms with E-state index in [1.165, 1.54) is 11.8 Å². The SMILES string of the molecule is Clc1ccc(-c2csc(Sc3nnn(Cc4ccccc4)n3)n2)cc1. The zero-order valence-corrected chi connectivity index (χ0v) is 15.3. The van der Waals surface area contributed by atoms with Gasteiger partial charge in [-0.05, 0) is 34.7 Å². The van der Waals surface area contributed by atoms with Crippen LogP contribution in [0.15, 0.2) is 69.5 Å². The van der Waals surface area contributed by atoms with E-state index in [1.807, 2.05) is 60.0 Å². The molecule has 2 aromatic heterocycles. The second-order valence-corrected chi connectivity index (χ2v) is 7.70. The van der Waals surface area contributed by atoms with Crippen LogP contribution in [0.2, 0.25) is 5.02 Å². The van der Waals surface area contributed by atoms with Gasteiger partial charge < -0.3 is 0 Å². The van der Waals surface area contributed by atoms with Gasteiger partial charge in [0.1, 0.15) is 0 Å². The first kappa shape index (κ1) is 16.3. The van der Waals surface area contributed by atoms with Gasteiger partial charge in [0.05, 0.1) is 12.2 Å². The predicted molar refractivity (Wildman–Crippen MR) is 100 cm³/mol. The van der Waals surface area contributed by atoms with Crippen LogP contribution in [0.25, 0.3) is 11.3 Å². The molecule has 0 saturated heterocycles. The Morgan fingerprint density at radius 3 is 2.64 bits per heavy atom. The van der Waals surface area contributed by atoms with Gasteiger partial charge in [0.15, 0.2) is 4.34 Å². The number of hydrogen-bond donors (Lipinski definition) is 0. The maximum absolute atomic E-state index is 5.92. The summed E-state index contributed by atoms with van der Waals surface area (Å²) >= 11 is 8.90. The standard InChI is InChI=1S/C17H12ClN5S2/c18-14-8-6-13(7-9-14)15-11-24-17(19-15)25-16-20-22-23(21-16)10-12-4-2-1-3-5-12/h1-9,11H,10H2. The van der Waals surface area contributed by atoms with Gasteiger partial charge in [0.2, 0.25) is 5.16 Å². The first-order valence-corrected chi connectivity index (χ1v) is 9.55. The Bertz CT molecular complexity index is 966. The van der Waals surface area contributed by atoms with Crippen molar-refractivity contribution in [2.75, 3.05) is 0 Å². The summed E-state index contributed by atoms with van der Waals surface area (Å²) in [6, 6.07) is 17.7. The normalized spacial score (nSPS) is 10.9. The van der Waals surface area contributed by atoms with Gasteiger partial charge in [-0.1, -0.05) is 54.1 Å². The average molecular weight is 386 g/mol. The molecule has 2 aromatic carbocycles. The van der Waals surface area contributed by atoms with E-state index in [4.69, 9.17) is 11.6 Å². The van der Waals surface area contributed by atoms with E-state index in [2.05, 4.69) is 20.4 Å². The Morgan fingerprint density at radius 2 is 1.84 bits per heavy atom. The van der Waals surface area contributed by atoms with Crippen LogP contribution < -0.4 is 0 Å².